The molecule has 0 radical (unpaired) electrons. The second-order valence-corrected chi connectivity index (χ2v) is 9.61. The van der Waals surface area contributed by atoms with E-state index >= 15 is 0 Å². The van der Waals surface area contributed by atoms with Crippen LogP contribution in [-0.4, -0.2) is 59.8 Å². The molecule has 4 aromatic rings. The van der Waals surface area contributed by atoms with Crippen molar-refractivity contribution in [2.45, 2.75) is 25.4 Å². The summed E-state index contributed by atoms with van der Waals surface area (Å²) in [5.41, 5.74) is 1.85. The highest BCUT2D eigenvalue weighted by Crippen LogP contribution is 2.19. The van der Waals surface area contributed by atoms with Crippen molar-refractivity contribution < 1.29 is 14.3 Å². The molecule has 2 aromatic carbocycles. The van der Waals surface area contributed by atoms with Crippen molar-refractivity contribution >= 4 is 41.5 Å². The molecule has 1 aliphatic heterocycles. The Morgan fingerprint density at radius 2 is 1.71 bits per heavy atom. The van der Waals surface area contributed by atoms with Gasteiger partial charge >= 0.3 is 0 Å². The van der Waals surface area contributed by atoms with Crippen LogP contribution in [-0.2, 0) is 11.3 Å². The van der Waals surface area contributed by atoms with Crippen LogP contribution in [0.25, 0.3) is 10.8 Å². The summed E-state index contributed by atoms with van der Waals surface area (Å²) >= 11 is 0. The SMILES string of the molecule is Cl.Cl.O=C(c1ccc(OCCCC(NCCn2ccc3ccccc3c2=O)c2ccncc2)cc1)N1CCOCC1. The number of nitrogens with zero attached hydrogens (tertiary/aromatic N) is 3. The molecular formula is C31H36Cl2N4O4. The van der Waals surface area contributed by atoms with Gasteiger partial charge in [0.15, 0.2) is 0 Å². The summed E-state index contributed by atoms with van der Waals surface area (Å²) in [7, 11) is 0. The third-order valence-corrected chi connectivity index (χ3v) is 7.04. The summed E-state index contributed by atoms with van der Waals surface area (Å²) < 4.78 is 13.1. The maximum atomic E-state index is 12.8. The summed E-state index contributed by atoms with van der Waals surface area (Å²) in [6.45, 7) is 4.23. The average Bonchev–Trinajstić information content (AvgIpc) is 3.00. The molecule has 5 rings (SSSR count). The minimum absolute atomic E-state index is 0. The van der Waals surface area contributed by atoms with Gasteiger partial charge in [-0.1, -0.05) is 18.2 Å². The van der Waals surface area contributed by atoms with E-state index in [9.17, 15) is 9.59 Å². The number of hydrogen-bond acceptors (Lipinski definition) is 6. The first-order valence-electron chi connectivity index (χ1n) is 13.5. The molecular weight excluding hydrogens is 563 g/mol. The molecule has 0 aliphatic carbocycles. The lowest BCUT2D eigenvalue weighted by molar-refractivity contribution is 0.0303. The van der Waals surface area contributed by atoms with Gasteiger partial charge in [-0.3, -0.25) is 14.6 Å². The molecule has 3 heterocycles. The van der Waals surface area contributed by atoms with E-state index in [2.05, 4.69) is 10.3 Å². The van der Waals surface area contributed by atoms with Crippen molar-refractivity contribution in [1.82, 2.24) is 19.8 Å². The number of pyridine rings is 2. The first-order valence-corrected chi connectivity index (χ1v) is 13.5. The second-order valence-electron chi connectivity index (χ2n) is 9.61. The van der Waals surface area contributed by atoms with Crippen molar-refractivity contribution in [2.24, 2.45) is 0 Å². The molecule has 10 heteroatoms. The first kappa shape index (κ1) is 32.1. The predicted molar refractivity (Wildman–Crippen MR) is 166 cm³/mol. The predicted octanol–water partition coefficient (Wildman–Crippen LogP) is 4.90. The van der Waals surface area contributed by atoms with Gasteiger partial charge in [0, 0.05) is 61.8 Å². The molecule has 1 atom stereocenters. The fourth-order valence-corrected chi connectivity index (χ4v) is 4.87. The molecule has 0 saturated carbocycles. The topological polar surface area (TPSA) is 85.7 Å². The Kier molecular flexibility index (Phi) is 12.6. The number of halogens is 2. The molecule has 1 fully saturated rings. The molecule has 1 unspecified atom stereocenters. The highest BCUT2D eigenvalue weighted by atomic mass is 35.5. The smallest absolute Gasteiger partial charge is 0.258 e. The Balaban J connectivity index is 0.00000231. The number of carbonyl (C=O) groups excluding carboxylic acids is 1. The van der Waals surface area contributed by atoms with Crippen molar-refractivity contribution in [2.75, 3.05) is 39.5 Å². The van der Waals surface area contributed by atoms with Crippen LogP contribution in [0, 0.1) is 0 Å². The Hall–Kier alpha value is -3.43. The Morgan fingerprint density at radius 3 is 2.46 bits per heavy atom. The fourth-order valence-electron chi connectivity index (χ4n) is 4.87. The lowest BCUT2D eigenvalue weighted by Gasteiger charge is -2.26. The van der Waals surface area contributed by atoms with Crippen molar-refractivity contribution in [1.29, 1.82) is 0 Å². The molecule has 218 valence electrons. The normalized spacial score (nSPS) is 13.6. The molecule has 1 aliphatic rings. The zero-order chi connectivity index (χ0) is 26.9. The number of aromatic nitrogens is 2. The largest absolute Gasteiger partial charge is 0.494 e. The van der Waals surface area contributed by atoms with Crippen LogP contribution in [0.3, 0.4) is 0 Å². The number of rotatable bonds is 11. The van der Waals surface area contributed by atoms with Gasteiger partial charge in [-0.2, -0.15) is 0 Å². The summed E-state index contributed by atoms with van der Waals surface area (Å²) in [6.07, 6.45) is 7.16. The van der Waals surface area contributed by atoms with Crippen LogP contribution < -0.4 is 15.6 Å². The van der Waals surface area contributed by atoms with Crippen LogP contribution in [0.2, 0.25) is 0 Å². The van der Waals surface area contributed by atoms with Crippen LogP contribution >= 0.6 is 24.8 Å². The van der Waals surface area contributed by atoms with Crippen molar-refractivity contribution in [3.8, 4) is 5.75 Å². The van der Waals surface area contributed by atoms with E-state index < -0.39 is 0 Å². The van der Waals surface area contributed by atoms with Crippen LogP contribution in [0.4, 0.5) is 0 Å². The van der Waals surface area contributed by atoms with Crippen molar-refractivity contribution in [3.05, 3.63) is 107 Å². The number of amides is 1. The molecule has 41 heavy (non-hydrogen) atoms. The Morgan fingerprint density at radius 1 is 0.976 bits per heavy atom. The maximum absolute atomic E-state index is 12.8. The van der Waals surface area contributed by atoms with Gasteiger partial charge in [-0.25, -0.2) is 0 Å². The molecule has 2 aromatic heterocycles. The van der Waals surface area contributed by atoms with Crippen LogP contribution in [0.15, 0.2) is 90.1 Å². The van der Waals surface area contributed by atoms with E-state index in [-0.39, 0.29) is 42.3 Å². The molecule has 1 amide bonds. The van der Waals surface area contributed by atoms with Gasteiger partial charge < -0.3 is 24.3 Å². The summed E-state index contributed by atoms with van der Waals surface area (Å²) in [5.74, 6) is 0.777. The Bertz CT molecular complexity index is 1430. The average molecular weight is 600 g/mol. The van der Waals surface area contributed by atoms with Crippen molar-refractivity contribution in [3.63, 3.8) is 0 Å². The third-order valence-electron chi connectivity index (χ3n) is 7.04. The zero-order valence-electron chi connectivity index (χ0n) is 22.8. The molecule has 0 spiro atoms. The molecule has 0 bridgehead atoms. The quantitative estimate of drug-likeness (QED) is 0.247. The van der Waals surface area contributed by atoms with E-state index in [1.54, 1.807) is 17.0 Å². The maximum Gasteiger partial charge on any atom is 0.258 e. The highest BCUT2D eigenvalue weighted by Gasteiger charge is 2.18. The summed E-state index contributed by atoms with van der Waals surface area (Å²) in [4.78, 5) is 31.4. The second kappa shape index (κ2) is 16.1. The number of benzene rings is 2. The number of nitrogens with one attached hydrogen (secondary N) is 1. The van der Waals surface area contributed by atoms with E-state index in [0.29, 0.717) is 51.6 Å². The number of ether oxygens (including phenoxy) is 2. The van der Waals surface area contributed by atoms with Gasteiger partial charge in [-0.15, -0.1) is 24.8 Å². The number of fused-ring (bicyclic) bond motifs is 1. The lowest BCUT2D eigenvalue weighted by Crippen LogP contribution is -2.40. The lowest BCUT2D eigenvalue weighted by atomic mass is 10.0. The monoisotopic (exact) mass is 598 g/mol. The van der Waals surface area contributed by atoms with E-state index in [0.717, 1.165) is 34.9 Å². The minimum Gasteiger partial charge on any atom is -0.494 e. The van der Waals surface area contributed by atoms with Gasteiger partial charge in [0.1, 0.15) is 5.75 Å². The third kappa shape index (κ3) is 8.53. The molecule has 1 saturated heterocycles. The zero-order valence-corrected chi connectivity index (χ0v) is 24.4. The highest BCUT2D eigenvalue weighted by molar-refractivity contribution is 5.94. The van der Waals surface area contributed by atoms with Crippen LogP contribution in [0.5, 0.6) is 5.75 Å². The van der Waals surface area contributed by atoms with Gasteiger partial charge in [-0.05, 0) is 72.3 Å². The minimum atomic E-state index is 0. The number of carbonyl (C=O) groups is 1. The Labute approximate surface area is 252 Å². The fraction of sp³-hybridized carbons (Fsp3) is 0.323. The van der Waals surface area contributed by atoms with E-state index in [1.807, 2.05) is 77.8 Å². The molecule has 1 N–H and O–H groups in total. The van der Waals surface area contributed by atoms with Gasteiger partial charge in [0.25, 0.3) is 11.5 Å². The standard InChI is InChI=1S/C31H34N4O4.2ClH/c36-30(35-19-22-38-23-20-35)26-7-9-27(10-8-26)39-21-3-6-29(25-11-14-32-15-12-25)33-16-18-34-17-13-24-4-1-2-5-28(24)31(34)37;;/h1-2,4-5,7-15,17,29,33H,3,6,16,18-23H2;2*1H. The van der Waals surface area contributed by atoms with Gasteiger partial charge in [0.2, 0.25) is 0 Å². The van der Waals surface area contributed by atoms with Crippen LogP contribution in [0.1, 0.15) is 34.8 Å². The van der Waals surface area contributed by atoms with E-state index in [1.165, 1.54) is 0 Å². The first-order chi connectivity index (χ1) is 19.2. The number of hydrogen-bond donors (Lipinski definition) is 1. The van der Waals surface area contributed by atoms with Gasteiger partial charge in [0.05, 0.1) is 19.8 Å². The summed E-state index contributed by atoms with van der Waals surface area (Å²) in [6, 6.07) is 21.2. The number of morpholine rings is 1. The molecule has 8 nitrogen and oxygen atoms in total. The summed E-state index contributed by atoms with van der Waals surface area (Å²) in [5, 5.41) is 5.31. The van der Waals surface area contributed by atoms with E-state index in [4.69, 9.17) is 9.47 Å².